The van der Waals surface area contributed by atoms with Gasteiger partial charge in [0.15, 0.2) is 0 Å². The van der Waals surface area contributed by atoms with Gasteiger partial charge >= 0.3 is 0 Å². The molecule has 166 valence electrons. The van der Waals surface area contributed by atoms with Crippen molar-refractivity contribution in [2.24, 2.45) is 0 Å². The lowest BCUT2D eigenvalue weighted by Gasteiger charge is -2.31. The highest BCUT2D eigenvalue weighted by Gasteiger charge is 2.29. The first-order valence-corrected chi connectivity index (χ1v) is 11.4. The summed E-state index contributed by atoms with van der Waals surface area (Å²) in [5, 5.41) is 2.74. The summed E-state index contributed by atoms with van der Waals surface area (Å²) in [6.07, 6.45) is 0.437. The summed E-state index contributed by atoms with van der Waals surface area (Å²) >= 11 is 1.47. The van der Waals surface area contributed by atoms with E-state index in [2.05, 4.69) is 5.32 Å². The van der Waals surface area contributed by atoms with Crippen molar-refractivity contribution >= 4 is 23.6 Å². The summed E-state index contributed by atoms with van der Waals surface area (Å²) in [6.45, 7) is 0.316. The van der Waals surface area contributed by atoms with Crippen molar-refractivity contribution < 1.29 is 14.3 Å². The molecule has 0 fully saturated rings. The molecule has 0 saturated carbocycles. The fraction of sp³-hybridized carbons (Fsp3) is 0.231. The Bertz CT molecular complexity index is 1010. The minimum Gasteiger partial charge on any atom is -0.497 e. The Morgan fingerprint density at radius 3 is 2.25 bits per heavy atom. The number of carbonyl (C=O) groups is 2. The predicted octanol–water partition coefficient (Wildman–Crippen LogP) is 4.17. The molecule has 0 bridgehead atoms. The molecule has 0 aromatic heterocycles. The number of benzene rings is 3. The van der Waals surface area contributed by atoms with Crippen LogP contribution in [0.3, 0.4) is 0 Å². The second kappa shape index (κ2) is 12.0. The van der Waals surface area contributed by atoms with Gasteiger partial charge in [-0.25, -0.2) is 0 Å². The molecule has 0 aliphatic rings. The number of hydrogen-bond acceptors (Lipinski definition) is 4. The van der Waals surface area contributed by atoms with Gasteiger partial charge in [-0.3, -0.25) is 9.59 Å². The monoisotopic (exact) mass is 448 g/mol. The number of carbonyl (C=O) groups excluding carboxylic acids is 2. The molecule has 3 aromatic rings. The van der Waals surface area contributed by atoms with Gasteiger partial charge in [-0.05, 0) is 35.4 Å². The van der Waals surface area contributed by atoms with Crippen molar-refractivity contribution in [3.8, 4) is 5.75 Å². The van der Waals surface area contributed by atoms with Gasteiger partial charge in [-0.2, -0.15) is 0 Å². The highest BCUT2D eigenvalue weighted by Crippen LogP contribution is 2.22. The number of amides is 2. The Morgan fingerprint density at radius 1 is 0.938 bits per heavy atom. The molecule has 3 aromatic carbocycles. The first kappa shape index (κ1) is 23.4. The minimum absolute atomic E-state index is 0.0915. The van der Waals surface area contributed by atoms with E-state index in [1.54, 1.807) is 19.1 Å². The Balaban J connectivity index is 1.88. The van der Waals surface area contributed by atoms with Gasteiger partial charge in [0, 0.05) is 24.9 Å². The molecular formula is C26H28N2O3S. The van der Waals surface area contributed by atoms with Crippen LogP contribution in [-0.2, 0) is 22.6 Å². The zero-order valence-electron chi connectivity index (χ0n) is 18.4. The molecule has 0 aliphatic heterocycles. The van der Waals surface area contributed by atoms with E-state index in [1.807, 2.05) is 84.9 Å². The van der Waals surface area contributed by atoms with Gasteiger partial charge < -0.3 is 15.0 Å². The van der Waals surface area contributed by atoms with Crippen molar-refractivity contribution in [1.82, 2.24) is 10.2 Å². The molecule has 5 nitrogen and oxygen atoms in total. The highest BCUT2D eigenvalue weighted by atomic mass is 32.2. The van der Waals surface area contributed by atoms with Crippen LogP contribution in [0, 0.1) is 0 Å². The zero-order valence-corrected chi connectivity index (χ0v) is 19.2. The smallest absolute Gasteiger partial charge is 0.242 e. The average molecular weight is 449 g/mol. The molecule has 0 heterocycles. The van der Waals surface area contributed by atoms with Gasteiger partial charge in [0.2, 0.25) is 11.8 Å². The Morgan fingerprint density at radius 2 is 1.59 bits per heavy atom. The van der Waals surface area contributed by atoms with E-state index in [-0.39, 0.29) is 17.6 Å². The first-order valence-electron chi connectivity index (χ1n) is 10.5. The van der Waals surface area contributed by atoms with E-state index >= 15 is 0 Å². The largest absolute Gasteiger partial charge is 0.497 e. The number of rotatable bonds is 10. The van der Waals surface area contributed by atoms with Gasteiger partial charge in [0.1, 0.15) is 11.8 Å². The van der Waals surface area contributed by atoms with Crippen LogP contribution in [0.4, 0.5) is 0 Å². The van der Waals surface area contributed by atoms with E-state index in [9.17, 15) is 9.59 Å². The molecule has 3 rings (SSSR count). The summed E-state index contributed by atoms with van der Waals surface area (Å²) in [5.41, 5.74) is 1.91. The summed E-state index contributed by atoms with van der Waals surface area (Å²) in [6, 6.07) is 26.5. The van der Waals surface area contributed by atoms with Crippen LogP contribution in [0.15, 0.2) is 89.8 Å². The molecular weight excluding hydrogens is 420 g/mol. The number of hydrogen-bond donors (Lipinski definition) is 1. The van der Waals surface area contributed by atoms with Crippen molar-refractivity contribution in [3.63, 3.8) is 0 Å². The molecule has 0 radical (unpaired) electrons. The normalized spacial score (nSPS) is 11.4. The molecule has 1 unspecified atom stereocenters. The fourth-order valence-electron chi connectivity index (χ4n) is 3.43. The van der Waals surface area contributed by atoms with E-state index in [4.69, 9.17) is 4.74 Å². The third-order valence-electron chi connectivity index (χ3n) is 5.11. The lowest BCUT2D eigenvalue weighted by molar-refractivity contribution is -0.139. The molecule has 1 N–H and O–H groups in total. The number of likely N-dealkylation sites (N-methyl/N-ethyl adjacent to an activating group) is 1. The molecule has 0 saturated heterocycles. The molecule has 6 heteroatoms. The Labute approximate surface area is 193 Å². The molecule has 2 amide bonds. The second-order valence-corrected chi connectivity index (χ2v) is 8.34. The summed E-state index contributed by atoms with van der Waals surface area (Å²) in [7, 11) is 3.22. The van der Waals surface area contributed by atoms with Crippen molar-refractivity contribution in [3.05, 3.63) is 96.1 Å². The van der Waals surface area contributed by atoms with E-state index in [1.165, 1.54) is 11.8 Å². The Kier molecular flexibility index (Phi) is 8.75. The maximum atomic E-state index is 13.4. The van der Waals surface area contributed by atoms with Crippen molar-refractivity contribution in [2.75, 3.05) is 19.9 Å². The van der Waals surface area contributed by atoms with Crippen LogP contribution >= 0.6 is 11.8 Å². The third-order valence-corrected chi connectivity index (χ3v) is 6.11. The SMILES string of the molecule is CNC(=O)C(Cc1ccccc1)N(Cc1cccc(OC)c1)C(=O)CSc1ccccc1. The van der Waals surface area contributed by atoms with E-state index < -0.39 is 6.04 Å². The number of methoxy groups -OCH3 is 1. The molecule has 0 spiro atoms. The maximum Gasteiger partial charge on any atom is 0.242 e. The average Bonchev–Trinajstić information content (AvgIpc) is 2.85. The third kappa shape index (κ3) is 6.62. The molecule has 1 atom stereocenters. The van der Waals surface area contributed by atoms with Gasteiger partial charge in [0.25, 0.3) is 0 Å². The van der Waals surface area contributed by atoms with Gasteiger partial charge in [-0.1, -0.05) is 60.7 Å². The standard InChI is InChI=1S/C26H28N2O3S/c1-27-26(30)24(17-20-10-5-3-6-11-20)28(18-21-12-9-13-22(16-21)31-2)25(29)19-32-23-14-7-4-8-15-23/h3-16,24H,17-19H2,1-2H3,(H,27,30). The summed E-state index contributed by atoms with van der Waals surface area (Å²) in [4.78, 5) is 29.0. The topological polar surface area (TPSA) is 58.6 Å². The van der Waals surface area contributed by atoms with Gasteiger partial charge in [-0.15, -0.1) is 11.8 Å². The molecule has 0 aliphatic carbocycles. The minimum atomic E-state index is -0.627. The summed E-state index contributed by atoms with van der Waals surface area (Å²) in [5.74, 6) is 0.685. The van der Waals surface area contributed by atoms with Crippen LogP contribution in [-0.4, -0.2) is 42.7 Å². The van der Waals surface area contributed by atoms with Crippen molar-refractivity contribution in [2.45, 2.75) is 23.9 Å². The fourth-order valence-corrected chi connectivity index (χ4v) is 4.24. The number of nitrogens with one attached hydrogen (secondary N) is 1. The van der Waals surface area contributed by atoms with Crippen molar-refractivity contribution in [1.29, 1.82) is 0 Å². The maximum absolute atomic E-state index is 13.4. The van der Waals surface area contributed by atoms with Gasteiger partial charge in [0.05, 0.1) is 12.9 Å². The Hall–Kier alpha value is -3.25. The number of nitrogens with zero attached hydrogens (tertiary/aromatic N) is 1. The zero-order chi connectivity index (χ0) is 22.8. The lowest BCUT2D eigenvalue weighted by atomic mass is 10.0. The van der Waals surface area contributed by atoms with E-state index in [0.29, 0.717) is 18.7 Å². The first-order chi connectivity index (χ1) is 15.6. The van der Waals surface area contributed by atoms with E-state index in [0.717, 1.165) is 16.0 Å². The number of thioether (sulfide) groups is 1. The highest BCUT2D eigenvalue weighted by molar-refractivity contribution is 8.00. The van der Waals surface area contributed by atoms with Crippen LogP contribution in [0.1, 0.15) is 11.1 Å². The second-order valence-electron chi connectivity index (χ2n) is 7.29. The van der Waals surface area contributed by atoms with Crippen LogP contribution in [0.5, 0.6) is 5.75 Å². The predicted molar refractivity (Wildman–Crippen MR) is 129 cm³/mol. The quantitative estimate of drug-likeness (QED) is 0.473. The number of ether oxygens (including phenoxy) is 1. The van der Waals surface area contributed by atoms with Crippen LogP contribution in [0.2, 0.25) is 0 Å². The van der Waals surface area contributed by atoms with Crippen LogP contribution < -0.4 is 10.1 Å². The summed E-state index contributed by atoms with van der Waals surface area (Å²) < 4.78 is 5.34. The lowest BCUT2D eigenvalue weighted by Crippen LogP contribution is -2.50. The molecule has 32 heavy (non-hydrogen) atoms. The van der Waals surface area contributed by atoms with Crippen LogP contribution in [0.25, 0.3) is 0 Å².